The molecule has 3 nitrogen and oxygen atoms in total. The van der Waals surface area contributed by atoms with Crippen LogP contribution >= 0.6 is 0 Å². The van der Waals surface area contributed by atoms with Gasteiger partial charge in [-0.15, -0.1) is 0 Å². The van der Waals surface area contributed by atoms with E-state index in [1.165, 1.54) is 6.07 Å². The lowest BCUT2D eigenvalue weighted by Gasteiger charge is -2.13. The first-order chi connectivity index (χ1) is 10.1. The molecule has 0 radical (unpaired) electrons. The van der Waals surface area contributed by atoms with Crippen molar-refractivity contribution in [2.75, 3.05) is 0 Å². The molecule has 2 aromatic rings. The van der Waals surface area contributed by atoms with Crippen LogP contribution in [-0.4, -0.2) is 15.6 Å². The summed E-state index contributed by atoms with van der Waals surface area (Å²) in [7, 11) is 0. The van der Waals surface area contributed by atoms with Crippen LogP contribution in [0, 0.1) is 5.82 Å². The first-order valence-corrected chi connectivity index (χ1v) is 7.60. The highest BCUT2D eigenvalue weighted by Crippen LogP contribution is 2.16. The Labute approximate surface area is 126 Å². The summed E-state index contributed by atoms with van der Waals surface area (Å²) in [6.07, 6.45) is 5.66. The van der Waals surface area contributed by atoms with Gasteiger partial charge in [0, 0.05) is 37.9 Å². The van der Waals surface area contributed by atoms with Gasteiger partial charge < -0.3 is 9.88 Å². The highest BCUT2D eigenvalue weighted by molar-refractivity contribution is 5.30. The van der Waals surface area contributed by atoms with Crippen LogP contribution in [0.5, 0.6) is 0 Å². The van der Waals surface area contributed by atoms with E-state index in [4.69, 9.17) is 0 Å². The molecule has 0 atom stereocenters. The fourth-order valence-corrected chi connectivity index (χ4v) is 2.37. The number of hydrogen-bond donors (Lipinski definition) is 1. The Morgan fingerprint density at radius 3 is 2.81 bits per heavy atom. The molecule has 21 heavy (non-hydrogen) atoms. The number of nitrogens with one attached hydrogen (secondary N) is 1. The molecule has 2 rings (SSSR count). The molecule has 114 valence electrons. The number of imidazole rings is 1. The van der Waals surface area contributed by atoms with Crippen molar-refractivity contribution >= 4 is 0 Å². The number of benzene rings is 1. The summed E-state index contributed by atoms with van der Waals surface area (Å²) in [6.45, 7) is 7.98. The highest BCUT2D eigenvalue weighted by atomic mass is 19.1. The van der Waals surface area contributed by atoms with Crippen LogP contribution in [0.3, 0.4) is 0 Å². The zero-order chi connectivity index (χ0) is 15.2. The minimum Gasteiger partial charge on any atom is -0.335 e. The van der Waals surface area contributed by atoms with E-state index >= 15 is 0 Å². The second-order valence-corrected chi connectivity index (χ2v) is 5.66. The summed E-state index contributed by atoms with van der Waals surface area (Å²) >= 11 is 0. The molecule has 1 heterocycles. The first kappa shape index (κ1) is 15.7. The topological polar surface area (TPSA) is 29.9 Å². The molecule has 1 N–H and O–H groups in total. The average molecular weight is 289 g/mol. The normalized spacial score (nSPS) is 11.3. The predicted molar refractivity (Wildman–Crippen MR) is 83.7 cm³/mol. The van der Waals surface area contributed by atoms with Crippen molar-refractivity contribution in [2.45, 2.75) is 52.7 Å². The zero-order valence-corrected chi connectivity index (χ0v) is 13.1. The molecular formula is C17H24FN3. The van der Waals surface area contributed by atoms with Crippen LogP contribution in [0.1, 0.15) is 44.1 Å². The highest BCUT2D eigenvalue weighted by Gasteiger charge is 2.09. The van der Waals surface area contributed by atoms with Crippen molar-refractivity contribution in [3.8, 4) is 0 Å². The van der Waals surface area contributed by atoms with E-state index in [2.05, 4.69) is 35.6 Å². The maximum atomic E-state index is 13.5. The van der Waals surface area contributed by atoms with Crippen molar-refractivity contribution < 1.29 is 4.39 Å². The van der Waals surface area contributed by atoms with E-state index in [-0.39, 0.29) is 5.82 Å². The smallest absolute Gasteiger partial charge is 0.123 e. The molecule has 0 bridgehead atoms. The van der Waals surface area contributed by atoms with Gasteiger partial charge in [0.2, 0.25) is 0 Å². The van der Waals surface area contributed by atoms with Gasteiger partial charge in [-0.2, -0.15) is 0 Å². The summed E-state index contributed by atoms with van der Waals surface area (Å²) < 4.78 is 15.7. The second-order valence-electron chi connectivity index (χ2n) is 5.66. The third-order valence-electron chi connectivity index (χ3n) is 3.48. The van der Waals surface area contributed by atoms with E-state index in [0.717, 1.165) is 36.3 Å². The Kier molecular flexibility index (Phi) is 5.51. The molecule has 1 aromatic heterocycles. The number of nitrogens with zero attached hydrogens (tertiary/aromatic N) is 2. The number of halogens is 1. The summed E-state index contributed by atoms with van der Waals surface area (Å²) in [5, 5.41) is 3.35. The molecular weight excluding hydrogens is 265 g/mol. The van der Waals surface area contributed by atoms with Gasteiger partial charge in [0.05, 0.1) is 0 Å². The van der Waals surface area contributed by atoms with Crippen LogP contribution in [-0.2, 0) is 19.5 Å². The average Bonchev–Trinajstić information content (AvgIpc) is 2.87. The molecule has 0 fully saturated rings. The number of aromatic nitrogens is 2. The maximum absolute atomic E-state index is 13.5. The summed E-state index contributed by atoms with van der Waals surface area (Å²) in [5.74, 6) is 0.852. The Morgan fingerprint density at radius 1 is 1.29 bits per heavy atom. The lowest BCUT2D eigenvalue weighted by molar-refractivity contribution is 0.577. The fourth-order valence-electron chi connectivity index (χ4n) is 2.37. The lowest BCUT2D eigenvalue weighted by Crippen LogP contribution is -2.22. The van der Waals surface area contributed by atoms with Gasteiger partial charge >= 0.3 is 0 Å². The van der Waals surface area contributed by atoms with Crippen molar-refractivity contribution in [1.29, 1.82) is 0 Å². The van der Waals surface area contributed by atoms with Crippen LogP contribution in [0.2, 0.25) is 0 Å². The molecule has 0 aliphatic carbocycles. The Bertz CT molecular complexity index is 575. The first-order valence-electron chi connectivity index (χ1n) is 7.60. The van der Waals surface area contributed by atoms with E-state index in [1.54, 1.807) is 6.07 Å². The maximum Gasteiger partial charge on any atom is 0.123 e. The van der Waals surface area contributed by atoms with E-state index < -0.39 is 0 Å². The third-order valence-corrected chi connectivity index (χ3v) is 3.48. The summed E-state index contributed by atoms with van der Waals surface area (Å²) in [6, 6.07) is 5.40. The number of aryl methyl sites for hydroxylation is 1. The Morgan fingerprint density at radius 2 is 2.10 bits per heavy atom. The van der Waals surface area contributed by atoms with Crippen LogP contribution < -0.4 is 5.32 Å². The van der Waals surface area contributed by atoms with Gasteiger partial charge in [0.15, 0.2) is 0 Å². The second kappa shape index (κ2) is 7.36. The Balaban J connectivity index is 2.20. The monoisotopic (exact) mass is 289 g/mol. The predicted octanol–water partition coefficient (Wildman–Crippen LogP) is 3.52. The molecule has 0 spiro atoms. The van der Waals surface area contributed by atoms with Crippen LogP contribution in [0.25, 0.3) is 0 Å². The van der Waals surface area contributed by atoms with Gasteiger partial charge in [-0.05, 0) is 29.7 Å². The van der Waals surface area contributed by atoms with Crippen molar-refractivity contribution in [3.05, 3.63) is 53.4 Å². The third kappa shape index (κ3) is 4.39. The Hall–Kier alpha value is -1.68. The largest absolute Gasteiger partial charge is 0.335 e. The van der Waals surface area contributed by atoms with Crippen molar-refractivity contribution in [1.82, 2.24) is 14.9 Å². The standard InChI is InChI=1S/C17H24FN3/c1-4-8-21-9-7-19-17(21)11-14-5-6-16(18)10-15(14)12-20-13(2)3/h5-7,9-10,13,20H,4,8,11-12H2,1-3H3. The molecule has 1 aromatic carbocycles. The minimum atomic E-state index is -0.184. The number of hydrogen-bond acceptors (Lipinski definition) is 2. The van der Waals surface area contributed by atoms with E-state index in [1.807, 2.05) is 18.5 Å². The SMILES string of the molecule is CCCn1ccnc1Cc1ccc(F)cc1CNC(C)C. The van der Waals surface area contributed by atoms with Gasteiger partial charge in [-0.1, -0.05) is 26.8 Å². The minimum absolute atomic E-state index is 0.184. The van der Waals surface area contributed by atoms with Gasteiger partial charge in [-0.25, -0.2) is 9.37 Å². The quantitative estimate of drug-likeness (QED) is 0.845. The molecule has 0 saturated carbocycles. The molecule has 0 aliphatic heterocycles. The summed E-state index contributed by atoms with van der Waals surface area (Å²) in [5.41, 5.74) is 2.14. The van der Waals surface area contributed by atoms with Crippen molar-refractivity contribution in [3.63, 3.8) is 0 Å². The molecule has 0 unspecified atom stereocenters. The van der Waals surface area contributed by atoms with Crippen molar-refractivity contribution in [2.24, 2.45) is 0 Å². The zero-order valence-electron chi connectivity index (χ0n) is 13.1. The summed E-state index contributed by atoms with van der Waals surface area (Å²) in [4.78, 5) is 4.44. The van der Waals surface area contributed by atoms with Crippen LogP contribution in [0.15, 0.2) is 30.6 Å². The molecule has 0 amide bonds. The van der Waals surface area contributed by atoms with Crippen LogP contribution in [0.4, 0.5) is 4.39 Å². The van der Waals surface area contributed by atoms with Gasteiger partial charge in [-0.3, -0.25) is 0 Å². The van der Waals surface area contributed by atoms with Gasteiger partial charge in [0.1, 0.15) is 11.6 Å². The molecule has 4 heteroatoms. The fraction of sp³-hybridized carbons (Fsp3) is 0.471. The number of rotatable bonds is 7. The van der Waals surface area contributed by atoms with E-state index in [0.29, 0.717) is 12.6 Å². The molecule has 0 aliphatic rings. The van der Waals surface area contributed by atoms with E-state index in [9.17, 15) is 4.39 Å². The lowest BCUT2D eigenvalue weighted by atomic mass is 10.0. The van der Waals surface area contributed by atoms with Gasteiger partial charge in [0.25, 0.3) is 0 Å². The molecule has 0 saturated heterocycles.